The summed E-state index contributed by atoms with van der Waals surface area (Å²) in [7, 11) is 0. The molecule has 132 valence electrons. The van der Waals surface area contributed by atoms with Crippen molar-refractivity contribution in [1.82, 2.24) is 5.32 Å². The van der Waals surface area contributed by atoms with Gasteiger partial charge < -0.3 is 19.5 Å². The number of aryl methyl sites for hydroxylation is 2. The number of carbonyl (C=O) groups is 1. The number of amides is 1. The molecule has 0 saturated carbocycles. The Labute approximate surface area is 147 Å². The van der Waals surface area contributed by atoms with Crippen LogP contribution in [0.4, 0.5) is 0 Å². The Morgan fingerprint density at radius 2 is 2.00 bits per heavy atom. The molecule has 0 aromatic heterocycles. The lowest BCUT2D eigenvalue weighted by Crippen LogP contribution is -2.44. The van der Waals surface area contributed by atoms with Gasteiger partial charge in [-0.2, -0.15) is 0 Å². The molecular formula is C20H23NO4. The zero-order chi connectivity index (χ0) is 17.8. The number of benzene rings is 2. The van der Waals surface area contributed by atoms with E-state index in [1.54, 1.807) is 6.92 Å². The summed E-state index contributed by atoms with van der Waals surface area (Å²) in [5, 5.41) is 2.87. The van der Waals surface area contributed by atoms with Gasteiger partial charge in [0.25, 0.3) is 5.91 Å². The Morgan fingerprint density at radius 3 is 2.80 bits per heavy atom. The summed E-state index contributed by atoms with van der Waals surface area (Å²) < 4.78 is 17.3. The van der Waals surface area contributed by atoms with E-state index in [0.29, 0.717) is 18.9 Å². The largest absolute Gasteiger partial charge is 0.486 e. The number of nitrogens with one attached hydrogen (secondary N) is 1. The molecular weight excluding hydrogens is 318 g/mol. The highest BCUT2D eigenvalue weighted by molar-refractivity contribution is 5.80. The maximum Gasteiger partial charge on any atom is 0.260 e. The molecule has 0 bridgehead atoms. The molecule has 2 atom stereocenters. The van der Waals surface area contributed by atoms with Crippen molar-refractivity contribution in [3.05, 3.63) is 53.6 Å². The van der Waals surface area contributed by atoms with Crippen LogP contribution in [0.1, 0.15) is 18.1 Å². The summed E-state index contributed by atoms with van der Waals surface area (Å²) in [4.78, 5) is 12.3. The van der Waals surface area contributed by atoms with Crippen LogP contribution in [0.3, 0.4) is 0 Å². The van der Waals surface area contributed by atoms with E-state index in [9.17, 15) is 4.79 Å². The SMILES string of the molecule is Cc1ccc(C)c(O[C@H](C)C(=O)NC[C@H]2COc3ccccc3O2)c1. The highest BCUT2D eigenvalue weighted by Crippen LogP contribution is 2.30. The summed E-state index contributed by atoms with van der Waals surface area (Å²) in [5.74, 6) is 1.99. The van der Waals surface area contributed by atoms with Gasteiger partial charge in [-0.05, 0) is 50.1 Å². The minimum Gasteiger partial charge on any atom is -0.486 e. The van der Waals surface area contributed by atoms with Crippen LogP contribution in [0.15, 0.2) is 42.5 Å². The molecule has 0 unspecified atom stereocenters. The van der Waals surface area contributed by atoms with Crippen molar-refractivity contribution in [2.24, 2.45) is 0 Å². The number of rotatable bonds is 5. The van der Waals surface area contributed by atoms with E-state index >= 15 is 0 Å². The molecule has 2 aromatic rings. The van der Waals surface area contributed by atoms with Crippen LogP contribution < -0.4 is 19.5 Å². The Kier molecular flexibility index (Phi) is 5.12. The molecule has 1 aliphatic rings. The summed E-state index contributed by atoms with van der Waals surface area (Å²) in [6, 6.07) is 13.5. The second-order valence-electron chi connectivity index (χ2n) is 6.27. The van der Waals surface area contributed by atoms with Crippen molar-refractivity contribution in [2.45, 2.75) is 33.0 Å². The van der Waals surface area contributed by atoms with Gasteiger partial charge in [0.2, 0.25) is 0 Å². The maximum atomic E-state index is 12.3. The Morgan fingerprint density at radius 1 is 1.24 bits per heavy atom. The maximum absolute atomic E-state index is 12.3. The fraction of sp³-hybridized carbons (Fsp3) is 0.350. The topological polar surface area (TPSA) is 56.8 Å². The molecule has 5 nitrogen and oxygen atoms in total. The van der Waals surface area contributed by atoms with E-state index < -0.39 is 6.10 Å². The fourth-order valence-electron chi connectivity index (χ4n) is 2.60. The van der Waals surface area contributed by atoms with Crippen LogP contribution in [0.2, 0.25) is 0 Å². The van der Waals surface area contributed by atoms with Gasteiger partial charge in [0.15, 0.2) is 17.6 Å². The second kappa shape index (κ2) is 7.47. The van der Waals surface area contributed by atoms with E-state index in [2.05, 4.69) is 5.32 Å². The third-order valence-electron chi connectivity index (χ3n) is 4.09. The van der Waals surface area contributed by atoms with Gasteiger partial charge in [-0.1, -0.05) is 24.3 Å². The van der Waals surface area contributed by atoms with Crippen molar-refractivity contribution in [3.8, 4) is 17.2 Å². The third-order valence-corrected chi connectivity index (χ3v) is 4.09. The predicted molar refractivity (Wildman–Crippen MR) is 95.4 cm³/mol. The first-order valence-electron chi connectivity index (χ1n) is 8.43. The summed E-state index contributed by atoms with van der Waals surface area (Å²) in [5.41, 5.74) is 2.10. The van der Waals surface area contributed by atoms with Crippen molar-refractivity contribution in [1.29, 1.82) is 0 Å². The van der Waals surface area contributed by atoms with Gasteiger partial charge in [0.05, 0.1) is 6.54 Å². The molecule has 3 rings (SSSR count). The van der Waals surface area contributed by atoms with Crippen LogP contribution in [-0.4, -0.2) is 31.3 Å². The summed E-state index contributed by atoms with van der Waals surface area (Å²) in [6.45, 7) is 6.47. The molecule has 2 aromatic carbocycles. The molecule has 1 amide bonds. The third kappa shape index (κ3) is 4.24. The van der Waals surface area contributed by atoms with E-state index in [1.807, 2.05) is 56.3 Å². The lowest BCUT2D eigenvalue weighted by molar-refractivity contribution is -0.127. The first-order valence-corrected chi connectivity index (χ1v) is 8.43. The highest BCUT2D eigenvalue weighted by atomic mass is 16.6. The molecule has 0 spiro atoms. The van der Waals surface area contributed by atoms with Crippen LogP contribution in [-0.2, 0) is 4.79 Å². The number of ether oxygens (including phenoxy) is 3. The van der Waals surface area contributed by atoms with Gasteiger partial charge in [-0.25, -0.2) is 0 Å². The molecule has 1 N–H and O–H groups in total. The zero-order valence-electron chi connectivity index (χ0n) is 14.7. The quantitative estimate of drug-likeness (QED) is 0.908. The monoisotopic (exact) mass is 341 g/mol. The van der Waals surface area contributed by atoms with E-state index in [0.717, 1.165) is 22.6 Å². The molecule has 5 heteroatoms. The smallest absolute Gasteiger partial charge is 0.260 e. The number of hydrogen-bond donors (Lipinski definition) is 1. The number of carbonyl (C=O) groups excluding carboxylic acids is 1. The molecule has 1 heterocycles. The molecule has 0 fully saturated rings. The fourth-order valence-corrected chi connectivity index (χ4v) is 2.60. The van der Waals surface area contributed by atoms with Crippen LogP contribution in [0.5, 0.6) is 17.2 Å². The zero-order valence-corrected chi connectivity index (χ0v) is 14.7. The predicted octanol–water partition coefficient (Wildman–Crippen LogP) is 3.03. The molecule has 0 saturated heterocycles. The number of para-hydroxylation sites is 2. The second-order valence-corrected chi connectivity index (χ2v) is 6.27. The lowest BCUT2D eigenvalue weighted by atomic mass is 10.1. The summed E-state index contributed by atoms with van der Waals surface area (Å²) >= 11 is 0. The van der Waals surface area contributed by atoms with Crippen LogP contribution in [0.25, 0.3) is 0 Å². The van der Waals surface area contributed by atoms with Gasteiger partial charge >= 0.3 is 0 Å². The van der Waals surface area contributed by atoms with Crippen molar-refractivity contribution in [3.63, 3.8) is 0 Å². The van der Waals surface area contributed by atoms with Crippen LogP contribution >= 0.6 is 0 Å². The Balaban J connectivity index is 1.52. The minimum absolute atomic E-state index is 0.177. The van der Waals surface area contributed by atoms with E-state index in [-0.39, 0.29) is 12.0 Å². The first kappa shape index (κ1) is 17.1. The molecule has 25 heavy (non-hydrogen) atoms. The van der Waals surface area contributed by atoms with Gasteiger partial charge in [0.1, 0.15) is 18.5 Å². The van der Waals surface area contributed by atoms with Gasteiger partial charge in [-0.3, -0.25) is 4.79 Å². The van der Waals surface area contributed by atoms with E-state index in [4.69, 9.17) is 14.2 Å². The van der Waals surface area contributed by atoms with Crippen molar-refractivity contribution >= 4 is 5.91 Å². The number of hydrogen-bond acceptors (Lipinski definition) is 4. The van der Waals surface area contributed by atoms with Gasteiger partial charge in [-0.15, -0.1) is 0 Å². The average Bonchev–Trinajstić information content (AvgIpc) is 2.62. The Hall–Kier alpha value is -2.69. The summed E-state index contributed by atoms with van der Waals surface area (Å²) in [6.07, 6.45) is -0.802. The highest BCUT2D eigenvalue weighted by Gasteiger charge is 2.23. The lowest BCUT2D eigenvalue weighted by Gasteiger charge is -2.27. The normalized spacial score (nSPS) is 16.8. The number of fused-ring (bicyclic) bond motifs is 1. The van der Waals surface area contributed by atoms with E-state index in [1.165, 1.54) is 0 Å². The minimum atomic E-state index is -0.586. The van der Waals surface area contributed by atoms with Crippen LogP contribution in [0, 0.1) is 13.8 Å². The molecule has 0 radical (unpaired) electrons. The Bertz CT molecular complexity index is 759. The standard InChI is InChI=1S/C20H23NO4/c1-13-8-9-14(2)19(10-13)24-15(3)20(22)21-11-16-12-23-17-6-4-5-7-18(17)25-16/h4-10,15-16H,11-12H2,1-3H3,(H,21,22)/t15-,16+/m1/s1. The van der Waals surface area contributed by atoms with Crippen molar-refractivity contribution < 1.29 is 19.0 Å². The molecule has 0 aliphatic carbocycles. The average molecular weight is 341 g/mol. The van der Waals surface area contributed by atoms with Gasteiger partial charge in [0, 0.05) is 0 Å². The first-order chi connectivity index (χ1) is 12.0. The molecule has 1 aliphatic heterocycles. The van der Waals surface area contributed by atoms with Crippen molar-refractivity contribution in [2.75, 3.05) is 13.2 Å².